The number of ketones is 2. The smallest absolute Gasteiger partial charge is 0.410 e. The first-order valence-corrected chi connectivity index (χ1v) is 7.07. The highest BCUT2D eigenvalue weighted by Crippen LogP contribution is 2.20. The van der Waals surface area contributed by atoms with Crippen LogP contribution in [0.3, 0.4) is 0 Å². The van der Waals surface area contributed by atoms with Gasteiger partial charge in [-0.25, -0.2) is 4.79 Å². The zero-order valence-electron chi connectivity index (χ0n) is 12.1. The molecule has 1 aliphatic heterocycles. The molecule has 1 aliphatic rings. The highest BCUT2D eigenvalue weighted by atomic mass is 16.6. The Morgan fingerprint density at radius 3 is 2.62 bits per heavy atom. The Hall–Kier alpha value is -2.17. The van der Waals surface area contributed by atoms with Gasteiger partial charge in [-0.2, -0.15) is 0 Å². The molecular weight excluding hydrogens is 270 g/mol. The van der Waals surface area contributed by atoms with Crippen LogP contribution in [0.5, 0.6) is 0 Å². The lowest BCUT2D eigenvalue weighted by molar-refractivity contribution is -0.128. The van der Waals surface area contributed by atoms with E-state index in [4.69, 9.17) is 4.74 Å². The van der Waals surface area contributed by atoms with E-state index in [9.17, 15) is 14.4 Å². The van der Waals surface area contributed by atoms with E-state index in [-0.39, 0.29) is 24.6 Å². The van der Waals surface area contributed by atoms with Crippen LogP contribution in [0.15, 0.2) is 30.3 Å². The molecule has 112 valence electrons. The van der Waals surface area contributed by atoms with Gasteiger partial charge in [-0.05, 0) is 25.3 Å². The van der Waals surface area contributed by atoms with Crippen molar-refractivity contribution in [3.63, 3.8) is 0 Å². The predicted molar refractivity (Wildman–Crippen MR) is 76.7 cm³/mol. The summed E-state index contributed by atoms with van der Waals surface area (Å²) in [7, 11) is 0. The summed E-state index contributed by atoms with van der Waals surface area (Å²) in [5.41, 5.74) is 0.900. The highest BCUT2D eigenvalue weighted by Gasteiger charge is 2.35. The van der Waals surface area contributed by atoms with Gasteiger partial charge in [0.25, 0.3) is 0 Å². The third-order valence-corrected chi connectivity index (χ3v) is 3.49. The molecule has 1 heterocycles. The molecule has 0 N–H and O–H groups in total. The Morgan fingerprint density at radius 2 is 1.95 bits per heavy atom. The Kier molecular flexibility index (Phi) is 5.09. The molecular formula is C16H19NO4. The number of carbonyl (C=O) groups excluding carboxylic acids is 3. The molecule has 0 saturated carbocycles. The first-order valence-electron chi connectivity index (χ1n) is 7.07. The number of likely N-dealkylation sites (tertiary alicyclic amines) is 1. The second-order valence-corrected chi connectivity index (χ2v) is 5.24. The number of hydrogen-bond acceptors (Lipinski definition) is 4. The van der Waals surface area contributed by atoms with Gasteiger partial charge < -0.3 is 4.74 Å². The molecule has 2 rings (SSSR count). The Balaban J connectivity index is 1.91. The van der Waals surface area contributed by atoms with Gasteiger partial charge in [0.15, 0.2) is 5.78 Å². The van der Waals surface area contributed by atoms with E-state index in [1.807, 2.05) is 30.3 Å². The van der Waals surface area contributed by atoms with Gasteiger partial charge in [0.05, 0.1) is 12.5 Å². The fraction of sp³-hybridized carbons (Fsp3) is 0.438. The molecule has 5 nitrogen and oxygen atoms in total. The topological polar surface area (TPSA) is 63.7 Å². The summed E-state index contributed by atoms with van der Waals surface area (Å²) in [5.74, 6) is -0.374. The highest BCUT2D eigenvalue weighted by molar-refractivity contribution is 6.01. The number of Topliss-reactive ketones (excluding diaryl/α,β-unsaturated/α-hetero) is 2. The van der Waals surface area contributed by atoms with E-state index in [0.29, 0.717) is 13.0 Å². The van der Waals surface area contributed by atoms with Crippen molar-refractivity contribution in [2.75, 3.05) is 6.54 Å². The summed E-state index contributed by atoms with van der Waals surface area (Å²) in [6.45, 7) is 2.07. The predicted octanol–water partition coefficient (Wildman–Crippen LogP) is 2.34. The Bertz CT molecular complexity index is 526. The fourth-order valence-electron chi connectivity index (χ4n) is 2.49. The van der Waals surface area contributed by atoms with Gasteiger partial charge in [-0.3, -0.25) is 14.5 Å². The summed E-state index contributed by atoms with van der Waals surface area (Å²) in [6, 6.07) is 8.86. The number of hydrogen-bond donors (Lipinski definition) is 0. The van der Waals surface area contributed by atoms with Crippen LogP contribution >= 0.6 is 0 Å². The minimum Gasteiger partial charge on any atom is -0.445 e. The van der Waals surface area contributed by atoms with Crippen molar-refractivity contribution in [3.8, 4) is 0 Å². The van der Waals surface area contributed by atoms with Gasteiger partial charge in [-0.15, -0.1) is 0 Å². The lowest BCUT2D eigenvalue weighted by Gasteiger charge is -2.22. The molecule has 1 unspecified atom stereocenters. The van der Waals surface area contributed by atoms with Crippen LogP contribution < -0.4 is 0 Å². The number of benzene rings is 1. The van der Waals surface area contributed by atoms with Gasteiger partial charge in [0.2, 0.25) is 0 Å². The minimum atomic E-state index is -0.517. The molecule has 0 spiro atoms. The Morgan fingerprint density at radius 1 is 1.24 bits per heavy atom. The zero-order valence-corrected chi connectivity index (χ0v) is 12.1. The zero-order chi connectivity index (χ0) is 15.2. The number of amides is 1. The average Bonchev–Trinajstić information content (AvgIpc) is 2.95. The number of rotatable bonds is 5. The monoisotopic (exact) mass is 289 g/mol. The number of carbonyl (C=O) groups is 3. The third kappa shape index (κ3) is 4.15. The van der Waals surface area contributed by atoms with E-state index >= 15 is 0 Å². The molecule has 0 aliphatic carbocycles. The molecule has 1 atom stereocenters. The summed E-state index contributed by atoms with van der Waals surface area (Å²) >= 11 is 0. The van der Waals surface area contributed by atoms with Crippen molar-refractivity contribution < 1.29 is 19.1 Å². The van der Waals surface area contributed by atoms with Gasteiger partial charge in [-0.1, -0.05) is 30.3 Å². The van der Waals surface area contributed by atoms with E-state index in [1.165, 1.54) is 11.8 Å². The van der Waals surface area contributed by atoms with E-state index < -0.39 is 12.1 Å². The molecule has 1 aromatic rings. The average molecular weight is 289 g/mol. The van der Waals surface area contributed by atoms with Crippen LogP contribution in [0, 0.1) is 0 Å². The van der Waals surface area contributed by atoms with Crippen molar-refractivity contribution >= 4 is 17.7 Å². The van der Waals surface area contributed by atoms with Crippen molar-refractivity contribution in [2.24, 2.45) is 0 Å². The van der Waals surface area contributed by atoms with Crippen molar-refractivity contribution in [1.29, 1.82) is 0 Å². The lowest BCUT2D eigenvalue weighted by Crippen LogP contribution is -2.41. The van der Waals surface area contributed by atoms with Crippen molar-refractivity contribution in [2.45, 2.75) is 38.8 Å². The van der Waals surface area contributed by atoms with Crippen molar-refractivity contribution in [3.05, 3.63) is 35.9 Å². The largest absolute Gasteiger partial charge is 0.445 e. The fourth-order valence-corrected chi connectivity index (χ4v) is 2.49. The first kappa shape index (κ1) is 15.2. The summed E-state index contributed by atoms with van der Waals surface area (Å²) < 4.78 is 5.25. The van der Waals surface area contributed by atoms with E-state index in [0.717, 1.165) is 12.0 Å². The third-order valence-electron chi connectivity index (χ3n) is 3.49. The van der Waals surface area contributed by atoms with Crippen LogP contribution in [0.1, 0.15) is 31.7 Å². The molecule has 1 amide bonds. The van der Waals surface area contributed by atoms with Crippen LogP contribution in [0.4, 0.5) is 4.79 Å². The SMILES string of the molecule is CC(=O)CC(=O)C1CCCN1C(=O)OCc1ccccc1. The molecule has 0 aromatic heterocycles. The van der Waals surface area contributed by atoms with Gasteiger partial charge >= 0.3 is 6.09 Å². The van der Waals surface area contributed by atoms with Crippen LogP contribution in [0.25, 0.3) is 0 Å². The summed E-state index contributed by atoms with van der Waals surface area (Å²) in [6.07, 6.45) is 0.757. The van der Waals surface area contributed by atoms with E-state index in [1.54, 1.807) is 0 Å². The van der Waals surface area contributed by atoms with Crippen LogP contribution in [-0.4, -0.2) is 35.1 Å². The Labute approximate surface area is 123 Å². The lowest BCUT2D eigenvalue weighted by atomic mass is 10.1. The van der Waals surface area contributed by atoms with Gasteiger partial charge in [0.1, 0.15) is 12.4 Å². The molecule has 1 fully saturated rings. The van der Waals surface area contributed by atoms with Crippen LogP contribution in [-0.2, 0) is 20.9 Å². The van der Waals surface area contributed by atoms with E-state index in [2.05, 4.69) is 0 Å². The normalized spacial score (nSPS) is 17.6. The standard InChI is InChI=1S/C16H19NO4/c1-12(18)10-15(19)14-8-5-9-17(14)16(20)21-11-13-6-3-2-4-7-13/h2-4,6-7,14H,5,8-11H2,1H3. The first-order chi connectivity index (χ1) is 10.1. The summed E-state index contributed by atoms with van der Waals surface area (Å²) in [4.78, 5) is 36.5. The number of nitrogens with zero attached hydrogens (tertiary/aromatic N) is 1. The molecule has 0 bridgehead atoms. The van der Waals surface area contributed by atoms with Crippen LogP contribution in [0.2, 0.25) is 0 Å². The molecule has 1 aromatic carbocycles. The molecule has 5 heteroatoms. The number of ether oxygens (including phenoxy) is 1. The van der Waals surface area contributed by atoms with Gasteiger partial charge in [0, 0.05) is 6.54 Å². The maximum atomic E-state index is 12.1. The molecule has 21 heavy (non-hydrogen) atoms. The van der Waals surface area contributed by atoms with Crippen molar-refractivity contribution in [1.82, 2.24) is 4.90 Å². The molecule has 0 radical (unpaired) electrons. The second-order valence-electron chi connectivity index (χ2n) is 5.24. The maximum Gasteiger partial charge on any atom is 0.410 e. The quantitative estimate of drug-likeness (QED) is 0.780. The molecule has 1 saturated heterocycles. The maximum absolute atomic E-state index is 12.1. The second kappa shape index (κ2) is 7.02. The minimum absolute atomic E-state index is 0.118. The summed E-state index contributed by atoms with van der Waals surface area (Å²) in [5, 5.41) is 0.